The Bertz CT molecular complexity index is 1080. The van der Waals surface area contributed by atoms with Crippen LogP contribution in [0, 0.1) is 6.92 Å². The second-order valence-electron chi connectivity index (χ2n) is 6.83. The first-order valence-electron chi connectivity index (χ1n) is 9.14. The Hall–Kier alpha value is -3.74. The van der Waals surface area contributed by atoms with E-state index in [-0.39, 0.29) is 18.3 Å². The van der Waals surface area contributed by atoms with Crippen molar-refractivity contribution in [2.75, 3.05) is 6.54 Å². The summed E-state index contributed by atoms with van der Waals surface area (Å²) in [5, 5.41) is 8.00. The number of carbonyl (C=O) groups excluding carboxylic acids is 2. The maximum atomic E-state index is 12.5. The molecule has 7 nitrogen and oxygen atoms in total. The molecule has 2 aromatic carbocycles. The third kappa shape index (κ3) is 3.54. The molecule has 3 aromatic rings. The third-order valence-corrected chi connectivity index (χ3v) is 4.69. The lowest BCUT2D eigenvalue weighted by atomic mass is 10.1. The molecule has 0 radical (unpaired) electrons. The second kappa shape index (κ2) is 7.35. The molecule has 0 spiro atoms. The summed E-state index contributed by atoms with van der Waals surface area (Å²) in [5.74, 6) is -0.320. The van der Waals surface area contributed by atoms with Gasteiger partial charge in [-0.2, -0.15) is 0 Å². The molecule has 2 heterocycles. The van der Waals surface area contributed by atoms with Crippen molar-refractivity contribution in [2.24, 2.45) is 0 Å². The van der Waals surface area contributed by atoms with E-state index in [2.05, 4.69) is 16.8 Å². The zero-order valence-electron chi connectivity index (χ0n) is 16.1. The fraction of sp³-hybridized carbons (Fsp3) is 0.182. The maximum Gasteiger partial charge on any atom is 0.326 e. The van der Waals surface area contributed by atoms with E-state index < -0.39 is 12.1 Å². The van der Waals surface area contributed by atoms with E-state index in [1.165, 1.54) is 4.90 Å². The van der Waals surface area contributed by atoms with Gasteiger partial charge < -0.3 is 9.15 Å². The van der Waals surface area contributed by atoms with Crippen molar-refractivity contribution in [2.45, 2.75) is 20.0 Å². The molecule has 0 fully saturated rings. The van der Waals surface area contributed by atoms with Crippen molar-refractivity contribution >= 4 is 17.6 Å². The van der Waals surface area contributed by atoms with E-state index in [0.29, 0.717) is 17.2 Å². The van der Waals surface area contributed by atoms with Crippen LogP contribution in [0.4, 0.5) is 0 Å². The smallest absolute Gasteiger partial charge is 0.326 e. The maximum absolute atomic E-state index is 12.5. The van der Waals surface area contributed by atoms with E-state index in [9.17, 15) is 9.59 Å². The van der Waals surface area contributed by atoms with Crippen LogP contribution in [0.25, 0.3) is 17.2 Å². The van der Waals surface area contributed by atoms with Gasteiger partial charge in [-0.15, -0.1) is 10.2 Å². The lowest BCUT2D eigenvalue weighted by Crippen LogP contribution is -2.30. The van der Waals surface area contributed by atoms with Gasteiger partial charge in [-0.25, -0.2) is 0 Å². The minimum Gasteiger partial charge on any atom is -0.451 e. The average Bonchev–Trinajstić information content (AvgIpc) is 3.29. The first kappa shape index (κ1) is 18.6. The summed E-state index contributed by atoms with van der Waals surface area (Å²) in [6.45, 7) is 7.29. The molecule has 1 aliphatic rings. The molecule has 29 heavy (non-hydrogen) atoms. The molecule has 4 rings (SSSR count). The molecule has 7 heteroatoms. The molecule has 1 atom stereocenters. The molecule has 1 unspecified atom stereocenters. The van der Waals surface area contributed by atoms with E-state index in [1.54, 1.807) is 25.1 Å². The first-order chi connectivity index (χ1) is 13.9. The summed E-state index contributed by atoms with van der Waals surface area (Å²) in [6, 6.07) is 14.8. The Morgan fingerprint density at radius 3 is 2.66 bits per heavy atom. The van der Waals surface area contributed by atoms with Crippen molar-refractivity contribution in [3.05, 3.63) is 77.7 Å². The van der Waals surface area contributed by atoms with E-state index >= 15 is 0 Å². The molecular formula is C22H19N3O4. The molecule has 0 bridgehead atoms. The minimum atomic E-state index is -0.748. The topological polar surface area (TPSA) is 85.5 Å². The van der Waals surface area contributed by atoms with Crippen LogP contribution in [0.1, 0.15) is 40.4 Å². The highest BCUT2D eigenvalue weighted by atomic mass is 16.6. The number of aryl methyl sites for hydroxylation is 1. The number of fused-ring (bicyclic) bond motifs is 1. The molecule has 1 aliphatic heterocycles. The van der Waals surface area contributed by atoms with Gasteiger partial charge in [0, 0.05) is 22.4 Å². The van der Waals surface area contributed by atoms with Crippen LogP contribution in [-0.4, -0.2) is 33.5 Å². The Kier molecular flexibility index (Phi) is 4.72. The zero-order valence-corrected chi connectivity index (χ0v) is 16.1. The normalized spacial score (nSPS) is 14.1. The molecule has 0 N–H and O–H groups in total. The standard InChI is InChI=1S/C22H19N3O4/c1-13-7-6-8-16(11-13)21-24-23-20(29-21)15(3)28-19(26)12-25-14(2)17-9-4-5-10-18(17)22(25)27/h4-11,15H,2,12H2,1,3H3. The molecule has 0 saturated heterocycles. The SMILES string of the molecule is C=C1c2ccccc2C(=O)N1CC(=O)OC(C)c1nnc(-c2cccc(C)c2)o1. The fourth-order valence-corrected chi connectivity index (χ4v) is 3.21. The number of nitrogens with zero attached hydrogens (tertiary/aromatic N) is 3. The van der Waals surface area contributed by atoms with Gasteiger partial charge in [0.05, 0.1) is 0 Å². The van der Waals surface area contributed by atoms with E-state index in [0.717, 1.165) is 16.7 Å². The van der Waals surface area contributed by atoms with Crippen molar-refractivity contribution in [1.29, 1.82) is 0 Å². The number of benzene rings is 2. The van der Waals surface area contributed by atoms with Crippen molar-refractivity contribution < 1.29 is 18.7 Å². The van der Waals surface area contributed by atoms with Crippen LogP contribution in [0.15, 0.2) is 59.5 Å². The van der Waals surface area contributed by atoms with Crippen LogP contribution in [0.3, 0.4) is 0 Å². The number of rotatable bonds is 5. The summed E-state index contributed by atoms with van der Waals surface area (Å²) in [4.78, 5) is 26.2. The molecule has 146 valence electrons. The molecular weight excluding hydrogens is 370 g/mol. The number of hydrogen-bond acceptors (Lipinski definition) is 6. The minimum absolute atomic E-state index is 0.185. The Balaban J connectivity index is 1.42. The van der Waals surface area contributed by atoms with Gasteiger partial charge in [0.25, 0.3) is 11.8 Å². The largest absolute Gasteiger partial charge is 0.451 e. The highest BCUT2D eigenvalue weighted by Gasteiger charge is 2.33. The van der Waals surface area contributed by atoms with E-state index in [4.69, 9.17) is 9.15 Å². The predicted octanol–water partition coefficient (Wildman–Crippen LogP) is 3.78. The summed E-state index contributed by atoms with van der Waals surface area (Å²) in [6.07, 6.45) is -0.748. The first-order valence-corrected chi connectivity index (χ1v) is 9.14. The summed E-state index contributed by atoms with van der Waals surface area (Å²) >= 11 is 0. The monoisotopic (exact) mass is 389 g/mol. The summed E-state index contributed by atoms with van der Waals surface area (Å²) < 4.78 is 11.0. The predicted molar refractivity (Wildman–Crippen MR) is 105 cm³/mol. The van der Waals surface area contributed by atoms with Gasteiger partial charge >= 0.3 is 5.97 Å². The Morgan fingerprint density at radius 1 is 1.17 bits per heavy atom. The van der Waals surface area contributed by atoms with Crippen LogP contribution < -0.4 is 0 Å². The zero-order chi connectivity index (χ0) is 20.5. The lowest BCUT2D eigenvalue weighted by Gasteiger charge is -2.17. The molecule has 0 saturated carbocycles. The quantitative estimate of drug-likeness (QED) is 0.618. The number of carbonyl (C=O) groups is 2. The van der Waals surface area contributed by atoms with Gasteiger partial charge in [-0.3, -0.25) is 14.5 Å². The fourth-order valence-electron chi connectivity index (χ4n) is 3.21. The number of esters is 1. The third-order valence-electron chi connectivity index (χ3n) is 4.69. The van der Waals surface area contributed by atoms with Gasteiger partial charge in [0.2, 0.25) is 5.89 Å². The van der Waals surface area contributed by atoms with E-state index in [1.807, 2.05) is 37.3 Å². The van der Waals surface area contributed by atoms with Crippen molar-refractivity contribution in [1.82, 2.24) is 15.1 Å². The number of amides is 1. The summed E-state index contributed by atoms with van der Waals surface area (Å²) in [7, 11) is 0. The van der Waals surface area contributed by atoms with Crippen LogP contribution >= 0.6 is 0 Å². The highest BCUT2D eigenvalue weighted by molar-refractivity contribution is 6.10. The van der Waals surface area contributed by atoms with Crippen LogP contribution in [0.2, 0.25) is 0 Å². The van der Waals surface area contributed by atoms with Crippen LogP contribution in [-0.2, 0) is 9.53 Å². The van der Waals surface area contributed by atoms with Crippen molar-refractivity contribution in [3.63, 3.8) is 0 Å². The average molecular weight is 389 g/mol. The Morgan fingerprint density at radius 2 is 1.93 bits per heavy atom. The van der Waals surface area contributed by atoms with Gasteiger partial charge in [-0.1, -0.05) is 42.5 Å². The summed E-state index contributed by atoms with van der Waals surface area (Å²) in [5.41, 5.74) is 3.59. The molecule has 0 aliphatic carbocycles. The van der Waals surface area contributed by atoms with Gasteiger partial charge in [0.1, 0.15) is 6.54 Å². The van der Waals surface area contributed by atoms with Gasteiger partial charge in [-0.05, 0) is 32.0 Å². The second-order valence-corrected chi connectivity index (χ2v) is 6.83. The highest BCUT2D eigenvalue weighted by Crippen LogP contribution is 2.31. The molecule has 1 amide bonds. The lowest BCUT2D eigenvalue weighted by molar-refractivity contribution is -0.149. The number of ether oxygens (including phenoxy) is 1. The number of hydrogen-bond donors (Lipinski definition) is 0. The number of aromatic nitrogens is 2. The van der Waals surface area contributed by atoms with Crippen molar-refractivity contribution in [3.8, 4) is 11.5 Å². The van der Waals surface area contributed by atoms with Gasteiger partial charge in [0.15, 0.2) is 6.10 Å². The van der Waals surface area contributed by atoms with Crippen LogP contribution in [0.5, 0.6) is 0 Å². The Labute approximate surface area is 167 Å². The molecule has 1 aromatic heterocycles.